The quantitative estimate of drug-likeness (QED) is 0.319. The Morgan fingerprint density at radius 2 is 2.16 bits per heavy atom. The van der Waals surface area contributed by atoms with E-state index in [1.165, 1.54) is 0 Å². The van der Waals surface area contributed by atoms with E-state index in [4.69, 9.17) is 14.9 Å². The number of rotatable bonds is 5. The van der Waals surface area contributed by atoms with E-state index in [0.29, 0.717) is 24.3 Å². The molecule has 0 bridgehead atoms. The largest absolute Gasteiger partial charge is 0.491 e. The number of nitrogens with one attached hydrogen (secondary N) is 3. The molecule has 2 aromatic heterocycles. The molecule has 1 saturated carbocycles. The molecule has 1 aliphatic heterocycles. The van der Waals surface area contributed by atoms with Crippen LogP contribution in [0, 0.1) is 12.8 Å². The minimum Gasteiger partial charge on any atom is -0.491 e. The van der Waals surface area contributed by atoms with Crippen LogP contribution in [0.1, 0.15) is 18.4 Å². The summed E-state index contributed by atoms with van der Waals surface area (Å²) in [7, 11) is 0. The number of aryl methyl sites for hydroxylation is 1. The van der Waals surface area contributed by atoms with Crippen LogP contribution in [-0.2, 0) is 4.79 Å². The van der Waals surface area contributed by atoms with Gasteiger partial charge in [0.1, 0.15) is 23.9 Å². The summed E-state index contributed by atoms with van der Waals surface area (Å²) in [6.45, 7) is 3.12. The maximum atomic E-state index is 11.7. The Hall–Kier alpha value is -3.88. The second-order valence-corrected chi connectivity index (χ2v) is 8.54. The lowest BCUT2D eigenvalue weighted by atomic mass is 10.1. The van der Waals surface area contributed by atoms with Crippen LogP contribution in [0.5, 0.6) is 5.75 Å². The molecule has 0 unspecified atom stereocenters. The molecule has 3 heterocycles. The van der Waals surface area contributed by atoms with Crippen LogP contribution in [0.3, 0.4) is 0 Å². The average Bonchev–Trinajstić information content (AvgIpc) is 3.46. The van der Waals surface area contributed by atoms with E-state index < -0.39 is 12.0 Å². The van der Waals surface area contributed by atoms with Crippen molar-refractivity contribution in [1.29, 1.82) is 0 Å². The summed E-state index contributed by atoms with van der Waals surface area (Å²) in [5.41, 5.74) is 12.5. The third-order valence-corrected chi connectivity index (χ3v) is 6.19. The molecule has 6 N–H and O–H groups in total. The van der Waals surface area contributed by atoms with Crippen molar-refractivity contribution in [2.75, 3.05) is 29.5 Å². The van der Waals surface area contributed by atoms with Crippen LogP contribution in [0.4, 0.5) is 17.4 Å². The zero-order chi connectivity index (χ0) is 22.0. The highest BCUT2D eigenvalue weighted by Crippen LogP contribution is 2.44. The zero-order valence-corrected chi connectivity index (χ0v) is 17.5. The lowest BCUT2D eigenvalue weighted by molar-refractivity contribution is -0.138. The minimum atomic E-state index is -0.829. The number of nitrogens with two attached hydrogens (primary N) is 1. The van der Waals surface area contributed by atoms with E-state index >= 15 is 0 Å². The van der Waals surface area contributed by atoms with E-state index in [1.807, 2.05) is 31.2 Å². The predicted octanol–water partition coefficient (Wildman–Crippen LogP) is 3.95. The Balaban J connectivity index is 1.49. The molecule has 1 atom stereocenters. The maximum absolute atomic E-state index is 11.7. The molecule has 4 aromatic rings. The average molecular weight is 433 g/mol. The van der Waals surface area contributed by atoms with Crippen molar-refractivity contribution in [2.45, 2.75) is 25.8 Å². The topological polar surface area (TPSA) is 138 Å². The van der Waals surface area contributed by atoms with Crippen molar-refractivity contribution in [3.8, 4) is 17.0 Å². The van der Waals surface area contributed by atoms with Gasteiger partial charge in [0.15, 0.2) is 5.58 Å². The Morgan fingerprint density at radius 1 is 1.31 bits per heavy atom. The van der Waals surface area contributed by atoms with Crippen LogP contribution >= 0.6 is 0 Å². The number of carboxylic acids is 1. The fraction of sp³-hybridized carbons (Fsp3) is 0.304. The van der Waals surface area contributed by atoms with Crippen molar-refractivity contribution in [2.24, 2.45) is 5.92 Å². The van der Waals surface area contributed by atoms with Crippen molar-refractivity contribution in [3.05, 3.63) is 29.8 Å². The van der Waals surface area contributed by atoms with E-state index in [1.54, 1.807) is 0 Å². The lowest BCUT2D eigenvalue weighted by Gasteiger charge is -2.16. The van der Waals surface area contributed by atoms with Crippen LogP contribution < -0.4 is 21.1 Å². The number of anilines is 3. The Labute approximate surface area is 182 Å². The molecule has 6 rings (SSSR count). The Morgan fingerprint density at radius 3 is 2.94 bits per heavy atom. The molecule has 0 saturated heterocycles. The molecular weight excluding hydrogens is 410 g/mol. The van der Waals surface area contributed by atoms with Crippen molar-refractivity contribution in [1.82, 2.24) is 9.97 Å². The molecule has 164 valence electrons. The van der Waals surface area contributed by atoms with E-state index in [0.717, 1.165) is 57.7 Å². The number of oxazole rings is 1. The fourth-order valence-electron chi connectivity index (χ4n) is 4.57. The van der Waals surface area contributed by atoms with Gasteiger partial charge >= 0.3 is 5.97 Å². The number of nitrogen functional groups attached to an aromatic ring is 1. The number of aromatic amines is 1. The van der Waals surface area contributed by atoms with E-state index in [-0.39, 0.29) is 11.9 Å². The number of H-pyrrole nitrogens is 1. The van der Waals surface area contributed by atoms with Gasteiger partial charge in [-0.15, -0.1) is 0 Å². The predicted molar refractivity (Wildman–Crippen MR) is 122 cm³/mol. The monoisotopic (exact) mass is 433 g/mol. The van der Waals surface area contributed by atoms with Gasteiger partial charge in [0, 0.05) is 23.9 Å². The Bertz CT molecular complexity index is 1380. The highest BCUT2D eigenvalue weighted by molar-refractivity contribution is 6.07. The maximum Gasteiger partial charge on any atom is 0.326 e. The fourth-order valence-corrected chi connectivity index (χ4v) is 4.57. The van der Waals surface area contributed by atoms with Gasteiger partial charge < -0.3 is 35.6 Å². The number of nitrogens with zero attached hydrogens (tertiary/aromatic N) is 1. The van der Waals surface area contributed by atoms with Gasteiger partial charge in [-0.25, -0.2) is 4.79 Å². The van der Waals surface area contributed by atoms with Crippen molar-refractivity contribution in [3.63, 3.8) is 0 Å². The standard InChI is InChI=1S/C23H23N5O4/c1-10-6-12(7-15-21(10)32-23(24)28-15)18-20-17-14(27-18)8-13(9-16(17)31-5-4-25-20)26-19(22(29)30)11-2-3-11/h6-9,11,19,25-27H,2-5H2,1H3,(H2,24,28)(H,29,30)/t19-/m0/s1. The first-order valence-corrected chi connectivity index (χ1v) is 10.7. The molecule has 0 amide bonds. The summed E-state index contributed by atoms with van der Waals surface area (Å²) in [6, 6.07) is 7.36. The van der Waals surface area contributed by atoms with Gasteiger partial charge in [-0.3, -0.25) is 0 Å². The second-order valence-electron chi connectivity index (χ2n) is 8.54. The normalized spacial score (nSPS) is 16.4. The first kappa shape index (κ1) is 18.9. The number of hydrogen-bond acceptors (Lipinski definition) is 7. The SMILES string of the molecule is Cc1cc(-c2[nH]c3cc(N[C@H](C(=O)O)C4CC4)cc4c3c2NCCO4)cc2nc(N)oc12. The van der Waals surface area contributed by atoms with Gasteiger partial charge in [-0.2, -0.15) is 4.98 Å². The number of hydrogen-bond donors (Lipinski definition) is 5. The van der Waals surface area contributed by atoms with Gasteiger partial charge in [0.25, 0.3) is 6.01 Å². The van der Waals surface area contributed by atoms with Crippen LogP contribution in [0.2, 0.25) is 0 Å². The summed E-state index contributed by atoms with van der Waals surface area (Å²) >= 11 is 0. The van der Waals surface area contributed by atoms with E-state index in [2.05, 4.69) is 20.6 Å². The van der Waals surface area contributed by atoms with Crippen LogP contribution in [0.25, 0.3) is 33.3 Å². The Kier molecular flexibility index (Phi) is 4.01. The first-order valence-electron chi connectivity index (χ1n) is 10.7. The molecular formula is C23H23N5O4. The smallest absolute Gasteiger partial charge is 0.326 e. The number of ether oxygens (including phenoxy) is 1. The third kappa shape index (κ3) is 3.00. The van der Waals surface area contributed by atoms with E-state index in [9.17, 15) is 9.90 Å². The summed E-state index contributed by atoms with van der Waals surface area (Å²) in [5, 5.41) is 17.2. The molecule has 0 radical (unpaired) electrons. The number of carbonyl (C=O) groups is 1. The first-order chi connectivity index (χ1) is 15.5. The molecule has 9 nitrogen and oxygen atoms in total. The van der Waals surface area contributed by atoms with Gasteiger partial charge in [-0.1, -0.05) is 0 Å². The van der Waals surface area contributed by atoms with Crippen molar-refractivity contribution >= 4 is 45.4 Å². The van der Waals surface area contributed by atoms with Gasteiger partial charge in [0.05, 0.1) is 22.3 Å². The number of aliphatic carboxylic acids is 1. The molecule has 32 heavy (non-hydrogen) atoms. The number of benzene rings is 2. The molecule has 2 aliphatic rings. The second kappa shape index (κ2) is 6.81. The number of carboxylic acid groups (broad SMARTS) is 1. The van der Waals surface area contributed by atoms with Crippen LogP contribution in [-0.4, -0.2) is 40.2 Å². The molecule has 2 aromatic carbocycles. The van der Waals surface area contributed by atoms with Gasteiger partial charge in [-0.05, 0) is 49.4 Å². The van der Waals surface area contributed by atoms with Crippen molar-refractivity contribution < 1.29 is 19.1 Å². The number of fused-ring (bicyclic) bond motifs is 1. The summed E-state index contributed by atoms with van der Waals surface area (Å²) < 4.78 is 11.5. The zero-order valence-electron chi connectivity index (χ0n) is 17.5. The van der Waals surface area contributed by atoms with Crippen LogP contribution in [0.15, 0.2) is 28.7 Å². The number of aromatic nitrogens is 2. The molecule has 9 heteroatoms. The minimum absolute atomic E-state index is 0.142. The molecule has 1 aliphatic carbocycles. The summed E-state index contributed by atoms with van der Waals surface area (Å²) in [6.07, 6.45) is 1.87. The highest BCUT2D eigenvalue weighted by atomic mass is 16.5. The summed E-state index contributed by atoms with van der Waals surface area (Å²) in [4.78, 5) is 19.5. The van der Waals surface area contributed by atoms with Gasteiger partial charge in [0.2, 0.25) is 0 Å². The lowest BCUT2D eigenvalue weighted by Crippen LogP contribution is -2.31. The summed E-state index contributed by atoms with van der Waals surface area (Å²) in [5.74, 6) is 0.0600. The molecule has 1 fully saturated rings. The molecule has 0 spiro atoms. The third-order valence-electron chi connectivity index (χ3n) is 6.19. The highest BCUT2D eigenvalue weighted by Gasteiger charge is 2.36.